The summed E-state index contributed by atoms with van der Waals surface area (Å²) in [7, 11) is 0. The average Bonchev–Trinajstić information content (AvgIpc) is 2.49. The van der Waals surface area contributed by atoms with E-state index in [9.17, 15) is 4.79 Å². The van der Waals surface area contributed by atoms with Gasteiger partial charge in [-0.3, -0.25) is 9.59 Å². The SMILES string of the molecule is CC(=O)N1CCCC1CO.CC(=O)O. The molecule has 0 aliphatic carbocycles. The number of aliphatic hydroxyl groups excluding tert-OH is 1. The van der Waals surface area contributed by atoms with Gasteiger partial charge in [0, 0.05) is 20.4 Å². The molecule has 1 rings (SSSR count). The molecule has 0 saturated carbocycles. The maximum absolute atomic E-state index is 10.8. The molecule has 1 heterocycles. The standard InChI is InChI=1S/C7H13NO2.C2H4O2/c1-6(10)8-4-2-3-7(8)5-9;1-2(3)4/h7,9H,2-5H2,1H3;1H3,(H,3,4). The Balaban J connectivity index is 0.000000364. The number of carboxylic acid groups (broad SMARTS) is 1. The van der Waals surface area contributed by atoms with Crippen molar-refractivity contribution in [2.24, 2.45) is 0 Å². The minimum absolute atomic E-state index is 0.0801. The molecule has 5 heteroatoms. The summed E-state index contributed by atoms with van der Waals surface area (Å²) in [5.74, 6) is -0.753. The Hall–Kier alpha value is -1.10. The third-order valence-corrected chi connectivity index (χ3v) is 1.99. The number of likely N-dealkylation sites (tertiary alicyclic amines) is 1. The lowest BCUT2D eigenvalue weighted by molar-refractivity contribution is -0.134. The van der Waals surface area contributed by atoms with Gasteiger partial charge in [0.05, 0.1) is 12.6 Å². The molecule has 1 fully saturated rings. The molecule has 0 aromatic rings. The fourth-order valence-electron chi connectivity index (χ4n) is 1.44. The van der Waals surface area contributed by atoms with Crippen LogP contribution in [0.3, 0.4) is 0 Å². The number of hydrogen-bond acceptors (Lipinski definition) is 3. The number of nitrogens with zero attached hydrogens (tertiary/aromatic N) is 1. The maximum Gasteiger partial charge on any atom is 0.300 e. The molecule has 1 aliphatic rings. The van der Waals surface area contributed by atoms with Gasteiger partial charge in [-0.2, -0.15) is 0 Å². The topological polar surface area (TPSA) is 77.8 Å². The van der Waals surface area contributed by atoms with Crippen LogP contribution in [0.2, 0.25) is 0 Å². The van der Waals surface area contributed by atoms with Crippen molar-refractivity contribution in [2.45, 2.75) is 32.7 Å². The first-order valence-electron chi connectivity index (χ1n) is 4.56. The average molecular weight is 203 g/mol. The normalized spacial score (nSPS) is 19.9. The molecule has 1 atom stereocenters. The van der Waals surface area contributed by atoms with E-state index in [1.54, 1.807) is 11.8 Å². The highest BCUT2D eigenvalue weighted by atomic mass is 16.4. The first-order chi connectivity index (χ1) is 6.49. The molecule has 1 unspecified atom stereocenters. The van der Waals surface area contributed by atoms with E-state index >= 15 is 0 Å². The van der Waals surface area contributed by atoms with Crippen molar-refractivity contribution in [1.29, 1.82) is 0 Å². The number of rotatable bonds is 1. The van der Waals surface area contributed by atoms with E-state index in [2.05, 4.69) is 0 Å². The number of carboxylic acids is 1. The van der Waals surface area contributed by atoms with Gasteiger partial charge in [-0.25, -0.2) is 0 Å². The van der Waals surface area contributed by atoms with Crippen LogP contribution in [-0.2, 0) is 9.59 Å². The molecule has 14 heavy (non-hydrogen) atoms. The second-order valence-electron chi connectivity index (χ2n) is 3.21. The summed E-state index contributed by atoms with van der Waals surface area (Å²) in [5, 5.41) is 16.2. The summed E-state index contributed by atoms with van der Waals surface area (Å²) in [4.78, 5) is 21.6. The molecule has 0 aromatic carbocycles. The van der Waals surface area contributed by atoms with Crippen LogP contribution in [0, 0.1) is 0 Å². The van der Waals surface area contributed by atoms with Crippen molar-refractivity contribution in [1.82, 2.24) is 4.90 Å². The van der Waals surface area contributed by atoms with E-state index in [4.69, 9.17) is 15.0 Å². The van der Waals surface area contributed by atoms with Crippen LogP contribution in [0.25, 0.3) is 0 Å². The number of carbonyl (C=O) groups excluding carboxylic acids is 1. The Morgan fingerprint density at radius 3 is 2.21 bits per heavy atom. The van der Waals surface area contributed by atoms with Crippen LogP contribution in [0.15, 0.2) is 0 Å². The highest BCUT2D eigenvalue weighted by Crippen LogP contribution is 2.15. The van der Waals surface area contributed by atoms with Gasteiger partial charge >= 0.3 is 0 Å². The number of carbonyl (C=O) groups is 2. The van der Waals surface area contributed by atoms with E-state index < -0.39 is 5.97 Å². The van der Waals surface area contributed by atoms with Gasteiger partial charge in [0.1, 0.15) is 0 Å². The van der Waals surface area contributed by atoms with Gasteiger partial charge in [0.2, 0.25) is 5.91 Å². The molecule has 1 saturated heterocycles. The van der Waals surface area contributed by atoms with E-state index in [0.29, 0.717) is 0 Å². The number of hydrogen-bond donors (Lipinski definition) is 2. The quantitative estimate of drug-likeness (QED) is 0.632. The Kier molecular flexibility index (Phi) is 5.87. The predicted octanol–water partition coefficient (Wildman–Crippen LogP) is 0.0805. The lowest BCUT2D eigenvalue weighted by Gasteiger charge is -2.20. The largest absolute Gasteiger partial charge is 0.481 e. The second kappa shape index (κ2) is 6.37. The Morgan fingerprint density at radius 1 is 1.43 bits per heavy atom. The Labute approximate surface area is 83.3 Å². The lowest BCUT2D eigenvalue weighted by Crippen LogP contribution is -2.35. The van der Waals surface area contributed by atoms with Crippen LogP contribution in [0.5, 0.6) is 0 Å². The minimum atomic E-state index is -0.833. The molecule has 2 N–H and O–H groups in total. The molecule has 1 amide bonds. The van der Waals surface area contributed by atoms with Gasteiger partial charge in [0.25, 0.3) is 5.97 Å². The Morgan fingerprint density at radius 2 is 1.93 bits per heavy atom. The van der Waals surface area contributed by atoms with Crippen molar-refractivity contribution >= 4 is 11.9 Å². The fourth-order valence-corrected chi connectivity index (χ4v) is 1.44. The molecule has 0 radical (unpaired) electrons. The summed E-state index contributed by atoms with van der Waals surface area (Å²) in [6.45, 7) is 3.56. The zero-order valence-electron chi connectivity index (χ0n) is 8.56. The smallest absolute Gasteiger partial charge is 0.300 e. The van der Waals surface area contributed by atoms with Crippen molar-refractivity contribution < 1.29 is 19.8 Å². The van der Waals surface area contributed by atoms with Crippen molar-refractivity contribution in [3.63, 3.8) is 0 Å². The summed E-state index contributed by atoms with van der Waals surface area (Å²) in [6, 6.07) is 0.0949. The molecule has 0 aromatic heterocycles. The van der Waals surface area contributed by atoms with Crippen LogP contribution in [0.1, 0.15) is 26.7 Å². The third-order valence-electron chi connectivity index (χ3n) is 1.99. The zero-order valence-corrected chi connectivity index (χ0v) is 8.56. The first kappa shape index (κ1) is 12.9. The van der Waals surface area contributed by atoms with Gasteiger partial charge < -0.3 is 15.1 Å². The van der Waals surface area contributed by atoms with Crippen LogP contribution in [0.4, 0.5) is 0 Å². The maximum atomic E-state index is 10.8. The molecule has 0 spiro atoms. The lowest BCUT2D eigenvalue weighted by atomic mass is 10.2. The van der Waals surface area contributed by atoms with Crippen molar-refractivity contribution in [2.75, 3.05) is 13.2 Å². The molecule has 82 valence electrons. The Bertz CT molecular complexity index is 201. The van der Waals surface area contributed by atoms with Crippen molar-refractivity contribution in [3.8, 4) is 0 Å². The van der Waals surface area contributed by atoms with E-state index in [1.165, 1.54) is 0 Å². The van der Waals surface area contributed by atoms with Crippen LogP contribution in [-0.4, -0.2) is 46.2 Å². The molecule has 0 bridgehead atoms. The minimum Gasteiger partial charge on any atom is -0.481 e. The number of amides is 1. The number of aliphatic carboxylic acids is 1. The van der Waals surface area contributed by atoms with Crippen molar-refractivity contribution in [3.05, 3.63) is 0 Å². The summed E-state index contributed by atoms with van der Waals surface area (Å²) >= 11 is 0. The van der Waals surface area contributed by atoms with Crippen LogP contribution < -0.4 is 0 Å². The fraction of sp³-hybridized carbons (Fsp3) is 0.778. The van der Waals surface area contributed by atoms with E-state index in [0.717, 1.165) is 26.3 Å². The van der Waals surface area contributed by atoms with Gasteiger partial charge in [-0.15, -0.1) is 0 Å². The van der Waals surface area contributed by atoms with Gasteiger partial charge in [-0.05, 0) is 12.8 Å². The summed E-state index contributed by atoms with van der Waals surface area (Å²) < 4.78 is 0. The second-order valence-corrected chi connectivity index (χ2v) is 3.21. The number of aliphatic hydroxyl groups is 1. The highest BCUT2D eigenvalue weighted by Gasteiger charge is 2.24. The van der Waals surface area contributed by atoms with Gasteiger partial charge in [-0.1, -0.05) is 0 Å². The molecule has 1 aliphatic heterocycles. The zero-order chi connectivity index (χ0) is 11.1. The van der Waals surface area contributed by atoms with Gasteiger partial charge in [0.15, 0.2) is 0 Å². The van der Waals surface area contributed by atoms with E-state index in [1.807, 2.05) is 0 Å². The monoisotopic (exact) mass is 203 g/mol. The summed E-state index contributed by atoms with van der Waals surface area (Å²) in [5.41, 5.74) is 0. The highest BCUT2D eigenvalue weighted by molar-refractivity contribution is 5.73. The predicted molar refractivity (Wildman–Crippen MR) is 50.8 cm³/mol. The third kappa shape index (κ3) is 4.81. The molecular formula is C9H17NO4. The molecular weight excluding hydrogens is 186 g/mol. The van der Waals surface area contributed by atoms with E-state index in [-0.39, 0.29) is 18.6 Å². The summed E-state index contributed by atoms with van der Waals surface area (Å²) in [6.07, 6.45) is 1.99. The van der Waals surface area contributed by atoms with Crippen LogP contribution >= 0.6 is 0 Å². The molecule has 5 nitrogen and oxygen atoms in total. The first-order valence-corrected chi connectivity index (χ1v) is 4.56.